The van der Waals surface area contributed by atoms with Crippen molar-refractivity contribution in [2.75, 3.05) is 20.3 Å². The molecule has 1 aromatic rings. The van der Waals surface area contributed by atoms with Crippen molar-refractivity contribution in [1.29, 1.82) is 0 Å². The molecule has 0 atom stereocenters. The number of aliphatic carboxylic acids is 1. The molecule has 0 spiro atoms. The van der Waals surface area contributed by atoms with Crippen LogP contribution in [0, 0.1) is 5.41 Å². The van der Waals surface area contributed by atoms with E-state index in [1.165, 1.54) is 0 Å². The molecule has 0 radical (unpaired) electrons. The molecule has 6 heteroatoms. The summed E-state index contributed by atoms with van der Waals surface area (Å²) in [6, 6.07) is 3.78. The Labute approximate surface area is 136 Å². The lowest BCUT2D eigenvalue weighted by molar-refractivity contribution is -0.151. The van der Waals surface area contributed by atoms with E-state index in [2.05, 4.69) is 5.32 Å². The molecule has 2 rings (SSSR count). The average Bonchev–Trinajstić information content (AvgIpc) is 2.51. The van der Waals surface area contributed by atoms with Crippen molar-refractivity contribution >= 4 is 5.97 Å². The molecule has 23 heavy (non-hydrogen) atoms. The highest BCUT2D eigenvalue weighted by molar-refractivity contribution is 5.75. The Morgan fingerprint density at radius 2 is 1.91 bits per heavy atom. The van der Waals surface area contributed by atoms with Gasteiger partial charge in [-0.1, -0.05) is 0 Å². The van der Waals surface area contributed by atoms with Gasteiger partial charge in [0.05, 0.1) is 12.5 Å². The van der Waals surface area contributed by atoms with Crippen molar-refractivity contribution in [3.05, 3.63) is 17.7 Å². The van der Waals surface area contributed by atoms with Gasteiger partial charge in [-0.15, -0.1) is 0 Å². The first kappa shape index (κ1) is 17.4. The van der Waals surface area contributed by atoms with Gasteiger partial charge in [-0.3, -0.25) is 4.79 Å². The standard InChI is InChI=1S/C17H25NO5/c1-16(2,15(19)20)17(3,4)18-10-11-8-12(21-5)14-13(9-11)22-6-7-23-14/h8-9,18H,6-7,10H2,1-5H3,(H,19,20). The van der Waals surface area contributed by atoms with Crippen LogP contribution in [0.2, 0.25) is 0 Å². The second-order valence-corrected chi connectivity index (χ2v) is 6.73. The highest BCUT2D eigenvalue weighted by atomic mass is 16.6. The van der Waals surface area contributed by atoms with Gasteiger partial charge in [0.1, 0.15) is 13.2 Å². The van der Waals surface area contributed by atoms with Crippen molar-refractivity contribution in [2.24, 2.45) is 5.41 Å². The predicted octanol–water partition coefficient (Wildman–Crippen LogP) is 2.45. The van der Waals surface area contributed by atoms with Crippen molar-refractivity contribution in [3.63, 3.8) is 0 Å². The van der Waals surface area contributed by atoms with Crippen LogP contribution in [-0.4, -0.2) is 36.9 Å². The Balaban J connectivity index is 2.19. The number of methoxy groups -OCH3 is 1. The van der Waals surface area contributed by atoms with Crippen molar-refractivity contribution in [1.82, 2.24) is 5.32 Å². The molecule has 1 heterocycles. The maximum atomic E-state index is 11.5. The summed E-state index contributed by atoms with van der Waals surface area (Å²) in [4.78, 5) is 11.5. The molecule has 0 unspecified atom stereocenters. The van der Waals surface area contributed by atoms with Crippen LogP contribution in [0.25, 0.3) is 0 Å². The molecule has 0 amide bonds. The molecule has 128 valence electrons. The van der Waals surface area contributed by atoms with Gasteiger partial charge in [0.15, 0.2) is 11.5 Å². The highest BCUT2D eigenvalue weighted by Gasteiger charge is 2.43. The molecule has 0 aromatic heterocycles. The SMILES string of the molecule is COc1cc(CNC(C)(C)C(C)(C)C(=O)O)cc2c1OCCO2. The van der Waals surface area contributed by atoms with Crippen LogP contribution in [0.15, 0.2) is 12.1 Å². The number of hydrogen-bond acceptors (Lipinski definition) is 5. The van der Waals surface area contributed by atoms with Crippen LogP contribution < -0.4 is 19.5 Å². The average molecular weight is 323 g/mol. The number of carboxylic acids is 1. The fraction of sp³-hybridized carbons (Fsp3) is 0.588. The van der Waals surface area contributed by atoms with E-state index in [4.69, 9.17) is 14.2 Å². The lowest BCUT2D eigenvalue weighted by atomic mass is 9.74. The normalized spacial score (nSPS) is 14.5. The zero-order valence-electron chi connectivity index (χ0n) is 14.4. The maximum absolute atomic E-state index is 11.5. The second-order valence-electron chi connectivity index (χ2n) is 6.73. The zero-order chi connectivity index (χ0) is 17.3. The highest BCUT2D eigenvalue weighted by Crippen LogP contribution is 2.40. The maximum Gasteiger partial charge on any atom is 0.310 e. The van der Waals surface area contributed by atoms with Crippen LogP contribution in [-0.2, 0) is 11.3 Å². The Hall–Kier alpha value is -1.95. The molecule has 0 fully saturated rings. The molecular formula is C17H25NO5. The third kappa shape index (κ3) is 3.37. The van der Waals surface area contributed by atoms with Crippen LogP contribution in [0.5, 0.6) is 17.2 Å². The minimum Gasteiger partial charge on any atom is -0.493 e. The number of rotatable bonds is 6. The number of nitrogens with one attached hydrogen (secondary N) is 1. The summed E-state index contributed by atoms with van der Waals surface area (Å²) in [6.07, 6.45) is 0. The number of hydrogen-bond donors (Lipinski definition) is 2. The largest absolute Gasteiger partial charge is 0.493 e. The van der Waals surface area contributed by atoms with E-state index < -0.39 is 16.9 Å². The summed E-state index contributed by atoms with van der Waals surface area (Å²) >= 11 is 0. The van der Waals surface area contributed by atoms with E-state index in [-0.39, 0.29) is 0 Å². The summed E-state index contributed by atoms with van der Waals surface area (Å²) in [5.41, 5.74) is -0.565. The van der Waals surface area contributed by atoms with Gasteiger partial charge in [-0.25, -0.2) is 0 Å². The smallest absolute Gasteiger partial charge is 0.310 e. The van der Waals surface area contributed by atoms with Crippen molar-refractivity contribution < 1.29 is 24.1 Å². The quantitative estimate of drug-likeness (QED) is 0.837. The van der Waals surface area contributed by atoms with Crippen LogP contribution in [0.3, 0.4) is 0 Å². The van der Waals surface area contributed by atoms with E-state index in [1.54, 1.807) is 21.0 Å². The van der Waals surface area contributed by atoms with Gasteiger partial charge in [0.25, 0.3) is 0 Å². The first-order valence-electron chi connectivity index (χ1n) is 7.64. The fourth-order valence-electron chi connectivity index (χ4n) is 2.24. The molecule has 2 N–H and O–H groups in total. The Kier molecular flexibility index (Phi) is 4.75. The van der Waals surface area contributed by atoms with Crippen LogP contribution in [0.1, 0.15) is 33.3 Å². The van der Waals surface area contributed by atoms with Crippen molar-refractivity contribution in [3.8, 4) is 17.2 Å². The van der Waals surface area contributed by atoms with E-state index in [0.29, 0.717) is 37.0 Å². The monoisotopic (exact) mass is 323 g/mol. The van der Waals surface area contributed by atoms with Crippen LogP contribution in [0.4, 0.5) is 0 Å². The summed E-state index contributed by atoms with van der Waals surface area (Å²) in [7, 11) is 1.59. The van der Waals surface area contributed by atoms with E-state index in [0.717, 1.165) is 5.56 Å². The van der Waals surface area contributed by atoms with E-state index in [1.807, 2.05) is 26.0 Å². The van der Waals surface area contributed by atoms with Gasteiger partial charge in [0.2, 0.25) is 5.75 Å². The molecule has 0 aliphatic carbocycles. The molecule has 0 saturated carbocycles. The lowest BCUT2D eigenvalue weighted by Gasteiger charge is -2.39. The van der Waals surface area contributed by atoms with Gasteiger partial charge in [-0.05, 0) is 45.4 Å². The van der Waals surface area contributed by atoms with Crippen LogP contribution >= 0.6 is 0 Å². The van der Waals surface area contributed by atoms with E-state index >= 15 is 0 Å². The number of ether oxygens (including phenoxy) is 3. The fourth-order valence-corrected chi connectivity index (χ4v) is 2.24. The van der Waals surface area contributed by atoms with Gasteiger partial charge in [0, 0.05) is 12.1 Å². The third-order valence-electron chi connectivity index (χ3n) is 4.72. The summed E-state index contributed by atoms with van der Waals surface area (Å²) in [5.74, 6) is 1.05. The first-order valence-corrected chi connectivity index (χ1v) is 7.64. The molecule has 0 bridgehead atoms. The third-order valence-corrected chi connectivity index (χ3v) is 4.72. The summed E-state index contributed by atoms with van der Waals surface area (Å²) in [6.45, 7) is 8.70. The molecule has 6 nitrogen and oxygen atoms in total. The molecule has 1 aliphatic rings. The number of fused-ring (bicyclic) bond motifs is 1. The Morgan fingerprint density at radius 3 is 2.52 bits per heavy atom. The minimum absolute atomic E-state index is 0.497. The molecule has 1 aliphatic heterocycles. The van der Waals surface area contributed by atoms with Gasteiger partial charge >= 0.3 is 5.97 Å². The second kappa shape index (κ2) is 6.28. The predicted molar refractivity (Wildman–Crippen MR) is 86.3 cm³/mol. The topological polar surface area (TPSA) is 77.0 Å². The lowest BCUT2D eigenvalue weighted by Crippen LogP contribution is -2.54. The molecular weight excluding hydrogens is 298 g/mol. The summed E-state index contributed by atoms with van der Waals surface area (Å²) < 4.78 is 16.6. The molecule has 1 aromatic carbocycles. The van der Waals surface area contributed by atoms with Gasteiger partial charge < -0.3 is 24.6 Å². The zero-order valence-corrected chi connectivity index (χ0v) is 14.4. The number of carbonyl (C=O) groups is 1. The number of carboxylic acid groups (broad SMARTS) is 1. The number of benzene rings is 1. The van der Waals surface area contributed by atoms with Gasteiger partial charge in [-0.2, -0.15) is 0 Å². The Morgan fingerprint density at radius 1 is 1.26 bits per heavy atom. The first-order chi connectivity index (χ1) is 10.7. The molecule has 0 saturated heterocycles. The summed E-state index contributed by atoms with van der Waals surface area (Å²) in [5, 5.41) is 12.7. The van der Waals surface area contributed by atoms with Crippen molar-refractivity contribution in [2.45, 2.75) is 39.8 Å². The van der Waals surface area contributed by atoms with E-state index in [9.17, 15) is 9.90 Å². The minimum atomic E-state index is -0.912. The Bertz CT molecular complexity index is 578.